The van der Waals surface area contributed by atoms with Gasteiger partial charge in [-0.25, -0.2) is 13.2 Å². The van der Waals surface area contributed by atoms with E-state index in [0.29, 0.717) is 10.0 Å². The number of benzene rings is 2. The van der Waals surface area contributed by atoms with Crippen LogP contribution in [0.5, 0.6) is 5.75 Å². The summed E-state index contributed by atoms with van der Waals surface area (Å²) in [5.74, 6) is -1.97. The fraction of sp³-hybridized carbons (Fsp3) is 0.143. The Morgan fingerprint density at radius 2 is 1.68 bits per heavy atom. The van der Waals surface area contributed by atoms with Gasteiger partial charge in [0.25, 0.3) is 0 Å². The van der Waals surface area contributed by atoms with Gasteiger partial charge in [0.2, 0.25) is 0 Å². The molecule has 2 aromatic carbocycles. The van der Waals surface area contributed by atoms with Crippen molar-refractivity contribution in [3.63, 3.8) is 0 Å². The molecule has 0 atom stereocenters. The van der Waals surface area contributed by atoms with Gasteiger partial charge in [-0.3, -0.25) is 0 Å². The molecule has 0 unspecified atom stereocenters. The van der Waals surface area contributed by atoms with Crippen LogP contribution in [-0.2, 0) is 6.61 Å². The van der Waals surface area contributed by atoms with E-state index in [9.17, 15) is 13.2 Å². The molecule has 5 heteroatoms. The van der Waals surface area contributed by atoms with Crippen LogP contribution in [0.4, 0.5) is 13.2 Å². The molecular weight excluding hydrogens is 321 g/mol. The number of hydrogen-bond donors (Lipinski definition) is 0. The average Bonchev–Trinajstić information content (AvgIpc) is 2.36. The zero-order chi connectivity index (χ0) is 14.0. The van der Waals surface area contributed by atoms with E-state index in [-0.39, 0.29) is 18.2 Å². The van der Waals surface area contributed by atoms with Crippen molar-refractivity contribution in [2.24, 2.45) is 0 Å². The quantitative estimate of drug-likeness (QED) is 0.788. The summed E-state index contributed by atoms with van der Waals surface area (Å²) in [5, 5.41) is 0. The second kappa shape index (κ2) is 5.65. The summed E-state index contributed by atoms with van der Waals surface area (Å²) < 4.78 is 44.8. The molecule has 2 rings (SSSR count). The molecule has 0 aliphatic rings. The van der Waals surface area contributed by atoms with Crippen molar-refractivity contribution < 1.29 is 17.9 Å². The van der Waals surface area contributed by atoms with E-state index in [4.69, 9.17) is 4.74 Å². The van der Waals surface area contributed by atoms with Gasteiger partial charge in [-0.05, 0) is 52.2 Å². The van der Waals surface area contributed by atoms with Gasteiger partial charge in [0.15, 0.2) is 11.6 Å². The fourth-order valence-corrected chi connectivity index (χ4v) is 2.00. The lowest BCUT2D eigenvalue weighted by molar-refractivity contribution is 0.301. The van der Waals surface area contributed by atoms with Gasteiger partial charge in [-0.1, -0.05) is 6.07 Å². The third kappa shape index (κ3) is 3.29. The molecule has 0 fully saturated rings. The molecule has 0 bridgehead atoms. The minimum Gasteiger partial charge on any atom is -0.489 e. The van der Waals surface area contributed by atoms with Crippen molar-refractivity contribution in [1.29, 1.82) is 0 Å². The third-order valence-corrected chi connectivity index (χ3v) is 3.20. The minimum absolute atomic E-state index is 0.144. The second-order valence-electron chi connectivity index (χ2n) is 4.07. The fourth-order valence-electron chi connectivity index (χ4n) is 1.57. The molecule has 0 aliphatic carbocycles. The van der Waals surface area contributed by atoms with Crippen LogP contribution >= 0.6 is 15.9 Å². The first-order chi connectivity index (χ1) is 8.97. The molecule has 100 valence electrons. The van der Waals surface area contributed by atoms with E-state index < -0.39 is 11.6 Å². The normalized spacial score (nSPS) is 10.6. The van der Waals surface area contributed by atoms with Crippen LogP contribution in [0.15, 0.2) is 34.8 Å². The van der Waals surface area contributed by atoms with E-state index in [2.05, 4.69) is 15.9 Å². The van der Waals surface area contributed by atoms with E-state index in [1.807, 2.05) is 0 Å². The molecule has 0 saturated heterocycles. The molecule has 19 heavy (non-hydrogen) atoms. The molecule has 0 radical (unpaired) electrons. The van der Waals surface area contributed by atoms with E-state index in [1.165, 1.54) is 6.07 Å². The molecule has 0 saturated carbocycles. The maximum Gasteiger partial charge on any atom is 0.162 e. The van der Waals surface area contributed by atoms with Crippen molar-refractivity contribution >= 4 is 15.9 Å². The first-order valence-electron chi connectivity index (χ1n) is 5.50. The van der Waals surface area contributed by atoms with E-state index >= 15 is 0 Å². The summed E-state index contributed by atoms with van der Waals surface area (Å²) in [6, 6.07) is 6.52. The van der Waals surface area contributed by atoms with Crippen molar-refractivity contribution in [2.75, 3.05) is 0 Å². The number of halogens is 4. The zero-order valence-electron chi connectivity index (χ0n) is 10.0. The monoisotopic (exact) mass is 330 g/mol. The van der Waals surface area contributed by atoms with Crippen LogP contribution in [0.25, 0.3) is 0 Å². The minimum atomic E-state index is -0.958. The predicted octanol–water partition coefficient (Wildman–Crippen LogP) is 4.75. The second-order valence-corrected chi connectivity index (χ2v) is 4.92. The molecule has 0 N–H and O–H groups in total. The summed E-state index contributed by atoms with van der Waals surface area (Å²) >= 11 is 3.07. The Bertz CT molecular complexity index is 614. The van der Waals surface area contributed by atoms with Crippen LogP contribution in [0.3, 0.4) is 0 Å². The highest BCUT2D eigenvalue weighted by molar-refractivity contribution is 9.10. The summed E-state index contributed by atoms with van der Waals surface area (Å²) in [5.41, 5.74) is 1.22. The molecule has 0 heterocycles. The molecular formula is C14H10BrF3O. The highest BCUT2D eigenvalue weighted by atomic mass is 79.9. The summed E-state index contributed by atoms with van der Waals surface area (Å²) in [4.78, 5) is 0. The van der Waals surface area contributed by atoms with Gasteiger partial charge in [0, 0.05) is 6.07 Å². The maximum atomic E-state index is 13.1. The summed E-state index contributed by atoms with van der Waals surface area (Å²) in [6.45, 7) is 1.77. The molecule has 1 nitrogen and oxygen atoms in total. The van der Waals surface area contributed by atoms with Gasteiger partial charge >= 0.3 is 0 Å². The number of ether oxygens (including phenoxy) is 1. The Kier molecular flexibility index (Phi) is 4.14. The highest BCUT2D eigenvalue weighted by Crippen LogP contribution is 2.23. The van der Waals surface area contributed by atoms with Crippen LogP contribution < -0.4 is 4.74 Å². The van der Waals surface area contributed by atoms with Crippen LogP contribution in [0.1, 0.15) is 11.1 Å². The number of aryl methyl sites for hydroxylation is 1. The van der Waals surface area contributed by atoms with Crippen molar-refractivity contribution in [2.45, 2.75) is 13.5 Å². The van der Waals surface area contributed by atoms with E-state index in [0.717, 1.165) is 17.7 Å². The van der Waals surface area contributed by atoms with Crippen LogP contribution in [0, 0.1) is 24.4 Å². The Morgan fingerprint density at radius 1 is 1.00 bits per heavy atom. The lowest BCUT2D eigenvalue weighted by Gasteiger charge is -2.10. The average molecular weight is 331 g/mol. The first kappa shape index (κ1) is 13.9. The lowest BCUT2D eigenvalue weighted by atomic mass is 10.2. The highest BCUT2D eigenvalue weighted by Gasteiger charge is 2.08. The Labute approximate surface area is 117 Å². The predicted molar refractivity (Wildman–Crippen MR) is 69.5 cm³/mol. The molecule has 0 spiro atoms. The van der Waals surface area contributed by atoms with Gasteiger partial charge in [-0.15, -0.1) is 0 Å². The topological polar surface area (TPSA) is 9.23 Å². The van der Waals surface area contributed by atoms with Crippen molar-refractivity contribution in [1.82, 2.24) is 0 Å². The Balaban J connectivity index is 2.14. The SMILES string of the molecule is Cc1cc(F)c(F)cc1OCc1ccc(F)c(Br)c1. The molecule has 0 amide bonds. The van der Waals surface area contributed by atoms with Gasteiger partial charge in [0.1, 0.15) is 18.2 Å². The maximum absolute atomic E-state index is 13.1. The lowest BCUT2D eigenvalue weighted by Crippen LogP contribution is -1.99. The van der Waals surface area contributed by atoms with Crippen LogP contribution in [0.2, 0.25) is 0 Å². The summed E-state index contributed by atoms with van der Waals surface area (Å²) in [6.07, 6.45) is 0. The molecule has 0 aliphatic heterocycles. The largest absolute Gasteiger partial charge is 0.489 e. The Morgan fingerprint density at radius 3 is 2.37 bits per heavy atom. The van der Waals surface area contributed by atoms with Gasteiger partial charge in [0.05, 0.1) is 4.47 Å². The number of rotatable bonds is 3. The summed E-state index contributed by atoms with van der Waals surface area (Å²) in [7, 11) is 0. The van der Waals surface area contributed by atoms with Crippen molar-refractivity contribution in [3.8, 4) is 5.75 Å². The number of hydrogen-bond acceptors (Lipinski definition) is 1. The molecule has 2 aromatic rings. The smallest absolute Gasteiger partial charge is 0.162 e. The third-order valence-electron chi connectivity index (χ3n) is 2.60. The molecule has 0 aromatic heterocycles. The van der Waals surface area contributed by atoms with Crippen LogP contribution in [-0.4, -0.2) is 0 Å². The van der Waals surface area contributed by atoms with E-state index in [1.54, 1.807) is 19.1 Å². The van der Waals surface area contributed by atoms with Crippen molar-refractivity contribution in [3.05, 3.63) is 63.4 Å². The zero-order valence-corrected chi connectivity index (χ0v) is 11.6. The van der Waals surface area contributed by atoms with Gasteiger partial charge in [-0.2, -0.15) is 0 Å². The van der Waals surface area contributed by atoms with Gasteiger partial charge < -0.3 is 4.74 Å². The first-order valence-corrected chi connectivity index (χ1v) is 6.29. The Hall–Kier alpha value is -1.49. The standard InChI is InChI=1S/C14H10BrF3O/c1-8-4-12(17)13(18)6-14(8)19-7-9-2-3-11(16)10(15)5-9/h2-6H,7H2,1H3.